The van der Waals surface area contributed by atoms with Crippen LogP contribution < -0.4 is 19.1 Å². The Hall–Kier alpha value is -2.85. The minimum atomic E-state index is -0.801. The van der Waals surface area contributed by atoms with Gasteiger partial charge in [-0.2, -0.15) is 4.98 Å². The van der Waals surface area contributed by atoms with Crippen LogP contribution in [0.2, 0.25) is 0 Å². The number of carbonyl (C=O) groups excluding carboxylic acids is 1. The van der Waals surface area contributed by atoms with Crippen LogP contribution in [0.15, 0.2) is 46.0 Å². The Morgan fingerprint density at radius 1 is 1.23 bits per heavy atom. The highest BCUT2D eigenvalue weighted by Gasteiger charge is 2.37. The number of aromatic nitrogens is 3. The summed E-state index contributed by atoms with van der Waals surface area (Å²) in [6.45, 7) is 1.97. The molecule has 0 fully saturated rings. The summed E-state index contributed by atoms with van der Waals surface area (Å²) in [6.07, 6.45) is 1.36. The van der Waals surface area contributed by atoms with E-state index < -0.39 is 6.23 Å². The van der Waals surface area contributed by atoms with E-state index in [4.69, 9.17) is 14.2 Å². The molecule has 158 valence electrons. The van der Waals surface area contributed by atoms with Crippen molar-refractivity contribution in [2.75, 3.05) is 17.9 Å². The van der Waals surface area contributed by atoms with Gasteiger partial charge in [-0.05, 0) is 24.5 Å². The number of hydrogen-bond acceptors (Lipinski definition) is 8. The molecule has 0 aliphatic carbocycles. The average Bonchev–Trinajstić information content (AvgIpc) is 3.19. The second-order valence-corrected chi connectivity index (χ2v) is 8.41. The first-order chi connectivity index (χ1) is 15.1. The number of nitrogens with zero attached hydrogens (tertiary/aromatic N) is 4. The number of amides is 1. The molecule has 0 spiro atoms. The number of carbonyl (C=O) groups is 1. The van der Waals surface area contributed by atoms with E-state index in [1.165, 1.54) is 11.8 Å². The molecule has 1 unspecified atom stereocenters. The number of hydrogen-bond donors (Lipinski definition) is 0. The van der Waals surface area contributed by atoms with Crippen molar-refractivity contribution in [3.8, 4) is 28.6 Å². The Morgan fingerprint density at radius 2 is 2.00 bits per heavy atom. The molecule has 1 amide bonds. The van der Waals surface area contributed by atoms with Crippen molar-refractivity contribution >= 4 is 39.3 Å². The van der Waals surface area contributed by atoms with Gasteiger partial charge in [-0.3, -0.25) is 9.69 Å². The molecule has 2 aromatic carbocycles. The van der Waals surface area contributed by atoms with Gasteiger partial charge in [0.15, 0.2) is 17.2 Å². The van der Waals surface area contributed by atoms with Crippen molar-refractivity contribution in [3.05, 3.63) is 46.4 Å². The first-order valence-corrected chi connectivity index (χ1v) is 11.6. The third kappa shape index (κ3) is 3.39. The van der Waals surface area contributed by atoms with E-state index >= 15 is 0 Å². The van der Waals surface area contributed by atoms with E-state index in [-0.39, 0.29) is 12.7 Å². The van der Waals surface area contributed by atoms with Gasteiger partial charge in [-0.15, -0.1) is 10.2 Å². The number of para-hydroxylation sites is 1. The molecule has 3 aromatic rings. The van der Waals surface area contributed by atoms with Gasteiger partial charge in [-0.25, -0.2) is 0 Å². The molecule has 2 aliphatic heterocycles. The van der Waals surface area contributed by atoms with Gasteiger partial charge in [0.25, 0.3) is 0 Å². The van der Waals surface area contributed by atoms with Gasteiger partial charge in [0.1, 0.15) is 0 Å². The van der Waals surface area contributed by atoms with Crippen molar-refractivity contribution in [2.24, 2.45) is 0 Å². The average molecular weight is 501 g/mol. The lowest BCUT2D eigenvalue weighted by Crippen LogP contribution is -2.37. The molecule has 8 nitrogen and oxygen atoms in total. The standard InChI is InChI=1S/C21H17BrN4O4S/c1-3-17(27)26-14-7-5-4-6-11(14)18-19(23-21(31-2)25-24-18)30-20(26)12-8-15-16(9-13(12)22)29-10-28-15/h4-9,20H,3,10H2,1-2H3. The minimum absolute atomic E-state index is 0.104. The number of thioether (sulfide) groups is 1. The van der Waals surface area contributed by atoms with E-state index in [2.05, 4.69) is 31.1 Å². The Labute approximate surface area is 191 Å². The Balaban J connectivity index is 1.76. The fourth-order valence-electron chi connectivity index (χ4n) is 3.56. The maximum Gasteiger partial charge on any atom is 0.247 e. The van der Waals surface area contributed by atoms with E-state index in [1.54, 1.807) is 4.90 Å². The maximum absolute atomic E-state index is 13.2. The first-order valence-electron chi connectivity index (χ1n) is 9.56. The second kappa shape index (κ2) is 8.01. The Kier molecular flexibility index (Phi) is 5.19. The molecule has 31 heavy (non-hydrogen) atoms. The van der Waals surface area contributed by atoms with Crippen molar-refractivity contribution in [2.45, 2.75) is 24.7 Å². The van der Waals surface area contributed by atoms with Gasteiger partial charge in [0.05, 0.1) is 5.69 Å². The Morgan fingerprint density at radius 3 is 2.77 bits per heavy atom. The van der Waals surface area contributed by atoms with Crippen molar-refractivity contribution in [3.63, 3.8) is 0 Å². The van der Waals surface area contributed by atoms with Gasteiger partial charge < -0.3 is 14.2 Å². The summed E-state index contributed by atoms with van der Waals surface area (Å²) < 4.78 is 18.2. The normalized spacial score (nSPS) is 16.2. The van der Waals surface area contributed by atoms with Crippen molar-refractivity contribution in [1.82, 2.24) is 15.2 Å². The van der Waals surface area contributed by atoms with Crippen LogP contribution in [-0.2, 0) is 4.79 Å². The van der Waals surface area contributed by atoms with Crippen LogP contribution in [0.5, 0.6) is 17.4 Å². The predicted molar refractivity (Wildman–Crippen MR) is 118 cm³/mol. The van der Waals surface area contributed by atoms with Gasteiger partial charge >= 0.3 is 0 Å². The largest absolute Gasteiger partial charge is 0.454 e. The van der Waals surface area contributed by atoms with Gasteiger partial charge in [0, 0.05) is 22.0 Å². The number of fused-ring (bicyclic) bond motifs is 4. The number of anilines is 1. The monoisotopic (exact) mass is 500 g/mol. The van der Waals surface area contributed by atoms with Crippen molar-refractivity contribution < 1.29 is 19.0 Å². The molecule has 1 aromatic heterocycles. The highest BCUT2D eigenvalue weighted by Crippen LogP contribution is 2.47. The fourth-order valence-corrected chi connectivity index (χ4v) is 4.38. The molecule has 5 rings (SSSR count). The van der Waals surface area contributed by atoms with Crippen LogP contribution >= 0.6 is 27.7 Å². The maximum atomic E-state index is 13.2. The lowest BCUT2D eigenvalue weighted by Gasteiger charge is -2.31. The Bertz CT molecular complexity index is 1190. The topological polar surface area (TPSA) is 86.7 Å². The molecule has 0 N–H and O–H groups in total. The third-order valence-electron chi connectivity index (χ3n) is 5.02. The van der Waals surface area contributed by atoms with E-state index in [0.717, 1.165) is 10.0 Å². The molecular formula is C21H17BrN4O4S. The zero-order valence-electron chi connectivity index (χ0n) is 16.7. The molecule has 0 radical (unpaired) electrons. The summed E-state index contributed by atoms with van der Waals surface area (Å²) in [6, 6.07) is 11.2. The molecule has 10 heteroatoms. The lowest BCUT2D eigenvalue weighted by molar-refractivity contribution is -0.120. The highest BCUT2D eigenvalue weighted by molar-refractivity contribution is 9.10. The van der Waals surface area contributed by atoms with E-state index in [0.29, 0.717) is 45.9 Å². The smallest absolute Gasteiger partial charge is 0.247 e. The fraction of sp³-hybridized carbons (Fsp3) is 0.238. The highest BCUT2D eigenvalue weighted by atomic mass is 79.9. The predicted octanol–water partition coefficient (Wildman–Crippen LogP) is 4.59. The summed E-state index contributed by atoms with van der Waals surface area (Å²) >= 11 is 4.98. The zero-order valence-corrected chi connectivity index (χ0v) is 19.1. The minimum Gasteiger partial charge on any atom is -0.454 e. The molecule has 3 heterocycles. The summed E-state index contributed by atoms with van der Waals surface area (Å²) in [5.41, 5.74) is 2.60. The number of rotatable bonds is 3. The van der Waals surface area contributed by atoms with Crippen LogP contribution in [0.25, 0.3) is 11.3 Å². The zero-order chi connectivity index (χ0) is 21.5. The summed E-state index contributed by atoms with van der Waals surface area (Å²) in [4.78, 5) is 19.4. The summed E-state index contributed by atoms with van der Waals surface area (Å²) in [7, 11) is 0. The van der Waals surface area contributed by atoms with Crippen LogP contribution in [0.3, 0.4) is 0 Å². The molecule has 1 atom stereocenters. The van der Waals surface area contributed by atoms with E-state index in [1.807, 2.05) is 49.6 Å². The summed E-state index contributed by atoms with van der Waals surface area (Å²) in [5.74, 6) is 1.43. The molecular weight excluding hydrogens is 484 g/mol. The van der Waals surface area contributed by atoms with Crippen LogP contribution in [0, 0.1) is 0 Å². The van der Waals surface area contributed by atoms with Crippen LogP contribution in [0.4, 0.5) is 5.69 Å². The third-order valence-corrected chi connectivity index (χ3v) is 6.25. The van der Waals surface area contributed by atoms with Crippen LogP contribution in [0.1, 0.15) is 25.1 Å². The number of ether oxygens (including phenoxy) is 3. The second-order valence-electron chi connectivity index (χ2n) is 6.78. The molecule has 0 saturated carbocycles. The quantitative estimate of drug-likeness (QED) is 0.482. The van der Waals surface area contributed by atoms with Gasteiger partial charge in [0.2, 0.25) is 30.0 Å². The van der Waals surface area contributed by atoms with Gasteiger partial charge in [-0.1, -0.05) is 52.8 Å². The van der Waals surface area contributed by atoms with Crippen molar-refractivity contribution in [1.29, 1.82) is 0 Å². The lowest BCUT2D eigenvalue weighted by atomic mass is 10.1. The van der Waals surface area contributed by atoms with Crippen LogP contribution in [-0.4, -0.2) is 34.1 Å². The van der Waals surface area contributed by atoms with E-state index in [9.17, 15) is 4.79 Å². The molecule has 2 aliphatic rings. The first kappa shape index (κ1) is 20.1. The molecule has 0 saturated heterocycles. The number of halogens is 1. The SMILES string of the molecule is CCC(=O)N1c2ccccc2-c2nnc(SC)nc2OC1c1cc2c(cc1Br)OCO2. The number of benzene rings is 2. The molecule has 0 bridgehead atoms. The summed E-state index contributed by atoms with van der Waals surface area (Å²) in [5, 5.41) is 9.02.